The fourth-order valence-electron chi connectivity index (χ4n) is 3.06. The Balaban J connectivity index is 2.50. The third kappa shape index (κ3) is 3.07. The van der Waals surface area contributed by atoms with E-state index in [0.29, 0.717) is 11.3 Å². The Morgan fingerprint density at radius 3 is 2.38 bits per heavy atom. The Morgan fingerprint density at radius 2 is 1.81 bits per heavy atom. The Hall–Kier alpha value is -1.11. The smallest absolute Gasteiger partial charge is 0.245 e. The standard InChI is InChI=1S/C15H24N2O3S/c1-11-7-8-12(2)15(14(11)16)21(19,20)17(9-10-18)13-5-3-4-6-13/h7-8,13,18H,3-6,9-10,16H2,1-2H3. The number of anilines is 1. The van der Waals surface area contributed by atoms with Crippen LogP contribution in [0.4, 0.5) is 5.69 Å². The summed E-state index contributed by atoms with van der Waals surface area (Å²) >= 11 is 0. The first-order valence-corrected chi connectivity index (χ1v) is 8.82. The van der Waals surface area contributed by atoms with Crippen LogP contribution in [0.2, 0.25) is 0 Å². The minimum Gasteiger partial charge on any atom is -0.397 e. The van der Waals surface area contributed by atoms with Crippen LogP contribution in [-0.4, -0.2) is 37.0 Å². The van der Waals surface area contributed by atoms with E-state index < -0.39 is 10.0 Å². The quantitative estimate of drug-likeness (QED) is 0.812. The van der Waals surface area contributed by atoms with E-state index in [-0.39, 0.29) is 24.1 Å². The van der Waals surface area contributed by atoms with E-state index >= 15 is 0 Å². The Kier molecular flexibility index (Phi) is 4.91. The number of hydrogen-bond acceptors (Lipinski definition) is 4. The van der Waals surface area contributed by atoms with Gasteiger partial charge in [0.1, 0.15) is 4.90 Å². The largest absolute Gasteiger partial charge is 0.397 e. The summed E-state index contributed by atoms with van der Waals surface area (Å²) in [5, 5.41) is 9.26. The molecule has 0 bridgehead atoms. The van der Waals surface area contributed by atoms with E-state index in [0.717, 1.165) is 31.2 Å². The highest BCUT2D eigenvalue weighted by atomic mass is 32.2. The van der Waals surface area contributed by atoms with E-state index in [2.05, 4.69) is 0 Å². The van der Waals surface area contributed by atoms with E-state index in [4.69, 9.17) is 5.73 Å². The Bertz CT molecular complexity index is 608. The molecule has 0 atom stereocenters. The average molecular weight is 312 g/mol. The van der Waals surface area contributed by atoms with Crippen LogP contribution in [0.5, 0.6) is 0 Å². The molecule has 5 nitrogen and oxygen atoms in total. The number of rotatable bonds is 5. The number of nitrogens with two attached hydrogens (primary N) is 1. The van der Waals surface area contributed by atoms with Gasteiger partial charge in [-0.05, 0) is 37.8 Å². The molecule has 1 aliphatic carbocycles. The van der Waals surface area contributed by atoms with Crippen LogP contribution in [-0.2, 0) is 10.0 Å². The molecule has 6 heteroatoms. The first-order valence-electron chi connectivity index (χ1n) is 7.38. The normalized spacial score (nSPS) is 16.8. The SMILES string of the molecule is Cc1ccc(C)c(S(=O)(=O)N(CCO)C2CCCC2)c1N. The van der Waals surface area contributed by atoms with Crippen molar-refractivity contribution in [3.05, 3.63) is 23.3 Å². The van der Waals surface area contributed by atoms with Crippen LogP contribution in [0.15, 0.2) is 17.0 Å². The van der Waals surface area contributed by atoms with E-state index in [1.165, 1.54) is 4.31 Å². The first-order chi connectivity index (χ1) is 9.89. The van der Waals surface area contributed by atoms with Crippen molar-refractivity contribution in [2.45, 2.75) is 50.5 Å². The van der Waals surface area contributed by atoms with Crippen molar-refractivity contribution < 1.29 is 13.5 Å². The Morgan fingerprint density at radius 1 is 1.24 bits per heavy atom. The van der Waals surface area contributed by atoms with Crippen LogP contribution >= 0.6 is 0 Å². The summed E-state index contributed by atoms with van der Waals surface area (Å²) in [5.74, 6) is 0. The van der Waals surface area contributed by atoms with E-state index in [1.807, 2.05) is 6.07 Å². The van der Waals surface area contributed by atoms with Crippen molar-refractivity contribution in [3.8, 4) is 0 Å². The number of aliphatic hydroxyl groups is 1. The summed E-state index contributed by atoms with van der Waals surface area (Å²) in [6.45, 7) is 3.51. The number of hydrogen-bond donors (Lipinski definition) is 2. The number of nitrogen functional groups attached to an aromatic ring is 1. The molecule has 0 heterocycles. The zero-order chi connectivity index (χ0) is 15.6. The van der Waals surface area contributed by atoms with Gasteiger partial charge in [0.25, 0.3) is 0 Å². The zero-order valence-corrected chi connectivity index (χ0v) is 13.5. The maximum atomic E-state index is 13.0. The van der Waals surface area contributed by atoms with Crippen molar-refractivity contribution in [2.24, 2.45) is 0 Å². The summed E-state index contributed by atoms with van der Waals surface area (Å²) in [6, 6.07) is 3.58. The maximum absolute atomic E-state index is 13.0. The van der Waals surface area contributed by atoms with E-state index in [9.17, 15) is 13.5 Å². The lowest BCUT2D eigenvalue weighted by atomic mass is 10.1. The second-order valence-corrected chi connectivity index (χ2v) is 7.55. The van der Waals surface area contributed by atoms with Gasteiger partial charge >= 0.3 is 0 Å². The minimum atomic E-state index is -3.68. The highest BCUT2D eigenvalue weighted by Gasteiger charge is 2.35. The van der Waals surface area contributed by atoms with Crippen molar-refractivity contribution in [3.63, 3.8) is 0 Å². The van der Waals surface area contributed by atoms with Gasteiger partial charge in [0.05, 0.1) is 12.3 Å². The van der Waals surface area contributed by atoms with Crippen molar-refractivity contribution >= 4 is 15.7 Å². The van der Waals surface area contributed by atoms with Crippen molar-refractivity contribution in [1.29, 1.82) is 0 Å². The fourth-order valence-corrected chi connectivity index (χ4v) is 5.13. The topological polar surface area (TPSA) is 83.6 Å². The third-order valence-corrected chi connectivity index (χ3v) is 6.39. The second kappa shape index (κ2) is 6.34. The molecule has 1 fully saturated rings. The molecule has 0 radical (unpaired) electrons. The highest BCUT2D eigenvalue weighted by molar-refractivity contribution is 7.89. The highest BCUT2D eigenvalue weighted by Crippen LogP contribution is 2.33. The minimum absolute atomic E-state index is 0.0264. The van der Waals surface area contributed by atoms with Crippen LogP contribution < -0.4 is 5.73 Å². The zero-order valence-electron chi connectivity index (χ0n) is 12.7. The number of aliphatic hydroxyl groups excluding tert-OH is 1. The lowest BCUT2D eigenvalue weighted by molar-refractivity contribution is 0.226. The van der Waals surface area contributed by atoms with E-state index in [1.54, 1.807) is 19.9 Å². The second-order valence-electron chi connectivity index (χ2n) is 5.72. The molecule has 1 aromatic rings. The monoisotopic (exact) mass is 312 g/mol. The first kappa shape index (κ1) is 16.3. The van der Waals surface area contributed by atoms with Crippen molar-refractivity contribution in [2.75, 3.05) is 18.9 Å². The number of aryl methyl sites for hydroxylation is 2. The average Bonchev–Trinajstić information content (AvgIpc) is 2.94. The maximum Gasteiger partial charge on any atom is 0.245 e. The molecule has 118 valence electrons. The van der Waals surface area contributed by atoms with Crippen LogP contribution in [0, 0.1) is 13.8 Å². The summed E-state index contributed by atoms with van der Waals surface area (Å²) in [5.41, 5.74) is 7.76. The lowest BCUT2D eigenvalue weighted by Crippen LogP contribution is -2.41. The summed E-state index contributed by atoms with van der Waals surface area (Å²) < 4.78 is 27.5. The van der Waals surface area contributed by atoms with Crippen LogP contribution in [0.1, 0.15) is 36.8 Å². The molecule has 0 spiro atoms. The molecule has 2 rings (SSSR count). The van der Waals surface area contributed by atoms with Gasteiger partial charge in [-0.15, -0.1) is 0 Å². The van der Waals surface area contributed by atoms with Gasteiger partial charge in [-0.25, -0.2) is 8.42 Å². The van der Waals surface area contributed by atoms with Gasteiger partial charge < -0.3 is 10.8 Å². The summed E-state index contributed by atoms with van der Waals surface area (Å²) in [7, 11) is -3.68. The number of nitrogens with zero attached hydrogens (tertiary/aromatic N) is 1. The molecular formula is C15H24N2O3S. The molecule has 0 aromatic heterocycles. The number of benzene rings is 1. The molecule has 21 heavy (non-hydrogen) atoms. The van der Waals surface area contributed by atoms with Crippen LogP contribution in [0.3, 0.4) is 0 Å². The number of sulfonamides is 1. The molecule has 0 aliphatic heterocycles. The van der Waals surface area contributed by atoms with Gasteiger partial charge in [0, 0.05) is 12.6 Å². The van der Waals surface area contributed by atoms with Gasteiger partial charge in [0.2, 0.25) is 10.0 Å². The molecule has 1 aliphatic rings. The third-order valence-electron chi connectivity index (χ3n) is 4.23. The molecule has 3 N–H and O–H groups in total. The van der Waals surface area contributed by atoms with Gasteiger partial charge in [-0.2, -0.15) is 4.31 Å². The Labute approximate surface area is 126 Å². The van der Waals surface area contributed by atoms with Gasteiger partial charge in [-0.1, -0.05) is 25.0 Å². The molecule has 1 saturated carbocycles. The predicted molar refractivity (Wildman–Crippen MR) is 83.6 cm³/mol. The fraction of sp³-hybridized carbons (Fsp3) is 0.600. The lowest BCUT2D eigenvalue weighted by Gasteiger charge is -2.28. The molecule has 0 amide bonds. The molecular weight excluding hydrogens is 288 g/mol. The van der Waals surface area contributed by atoms with Gasteiger partial charge in [0.15, 0.2) is 0 Å². The summed E-state index contributed by atoms with van der Waals surface area (Å²) in [6.07, 6.45) is 3.77. The molecule has 0 unspecified atom stereocenters. The predicted octanol–water partition coefficient (Wildman–Crippen LogP) is 1.81. The molecule has 1 aromatic carbocycles. The summed E-state index contributed by atoms with van der Waals surface area (Å²) in [4.78, 5) is 0.197. The van der Waals surface area contributed by atoms with Crippen LogP contribution in [0.25, 0.3) is 0 Å². The van der Waals surface area contributed by atoms with Gasteiger partial charge in [-0.3, -0.25) is 0 Å². The molecule has 0 saturated heterocycles. The van der Waals surface area contributed by atoms with Crippen molar-refractivity contribution in [1.82, 2.24) is 4.31 Å².